The standard InChI is InChI=1S/C10H13BrN2O2/c1-13(6-8(12)10(14)15)9-5-3-2-4-7(9)11/h2-5,8H,6,12H2,1H3,(H,14,15). The van der Waals surface area contributed by atoms with Crippen LogP contribution in [0.25, 0.3) is 0 Å². The highest BCUT2D eigenvalue weighted by atomic mass is 79.9. The molecular formula is C10H13BrN2O2. The van der Waals surface area contributed by atoms with E-state index in [1.807, 2.05) is 36.2 Å². The summed E-state index contributed by atoms with van der Waals surface area (Å²) in [5.41, 5.74) is 6.37. The fraction of sp³-hybridized carbons (Fsp3) is 0.300. The number of nitrogens with two attached hydrogens (primary N) is 1. The predicted molar refractivity (Wildman–Crippen MR) is 63.0 cm³/mol. The SMILES string of the molecule is CN(CC(N)C(=O)O)c1ccccc1Br. The zero-order valence-electron chi connectivity index (χ0n) is 8.35. The van der Waals surface area contributed by atoms with Crippen LogP contribution < -0.4 is 10.6 Å². The van der Waals surface area contributed by atoms with Crippen molar-refractivity contribution in [2.45, 2.75) is 6.04 Å². The first-order valence-electron chi connectivity index (χ1n) is 4.46. The molecule has 82 valence electrons. The highest BCUT2D eigenvalue weighted by Crippen LogP contribution is 2.24. The van der Waals surface area contributed by atoms with Gasteiger partial charge in [-0.25, -0.2) is 0 Å². The Morgan fingerprint density at radius 3 is 2.73 bits per heavy atom. The summed E-state index contributed by atoms with van der Waals surface area (Å²) in [6, 6.07) is 6.72. The Hall–Kier alpha value is -1.07. The average molecular weight is 273 g/mol. The fourth-order valence-corrected chi connectivity index (χ4v) is 1.82. The molecule has 1 atom stereocenters. The Morgan fingerprint density at radius 2 is 2.20 bits per heavy atom. The van der Waals surface area contributed by atoms with Gasteiger partial charge < -0.3 is 15.7 Å². The maximum Gasteiger partial charge on any atom is 0.322 e. The van der Waals surface area contributed by atoms with E-state index in [2.05, 4.69) is 15.9 Å². The molecule has 15 heavy (non-hydrogen) atoms. The van der Waals surface area contributed by atoms with E-state index in [-0.39, 0.29) is 6.54 Å². The highest BCUT2D eigenvalue weighted by Gasteiger charge is 2.15. The van der Waals surface area contributed by atoms with E-state index in [0.29, 0.717) is 0 Å². The van der Waals surface area contributed by atoms with E-state index in [4.69, 9.17) is 10.8 Å². The van der Waals surface area contributed by atoms with E-state index < -0.39 is 12.0 Å². The monoisotopic (exact) mass is 272 g/mol. The first-order chi connectivity index (χ1) is 7.02. The van der Waals surface area contributed by atoms with Crippen LogP contribution in [0.4, 0.5) is 5.69 Å². The van der Waals surface area contributed by atoms with Crippen LogP contribution in [0.3, 0.4) is 0 Å². The molecule has 0 spiro atoms. The molecule has 1 aromatic rings. The number of carboxylic acid groups (broad SMARTS) is 1. The van der Waals surface area contributed by atoms with Gasteiger partial charge in [0.25, 0.3) is 0 Å². The van der Waals surface area contributed by atoms with Crippen LogP contribution in [0.2, 0.25) is 0 Å². The van der Waals surface area contributed by atoms with E-state index >= 15 is 0 Å². The molecule has 0 heterocycles. The molecule has 4 nitrogen and oxygen atoms in total. The maximum atomic E-state index is 10.6. The predicted octanol–water partition coefficient (Wildman–Crippen LogP) is 1.30. The minimum Gasteiger partial charge on any atom is -0.480 e. The number of aliphatic carboxylic acids is 1. The second-order valence-corrected chi connectivity index (χ2v) is 4.13. The van der Waals surface area contributed by atoms with Crippen LogP contribution >= 0.6 is 15.9 Å². The molecule has 0 bridgehead atoms. The lowest BCUT2D eigenvalue weighted by Crippen LogP contribution is -2.41. The number of para-hydroxylation sites is 1. The molecule has 0 aromatic heterocycles. The van der Waals surface area contributed by atoms with Crippen LogP contribution in [-0.2, 0) is 4.79 Å². The van der Waals surface area contributed by atoms with Crippen molar-refractivity contribution >= 4 is 27.6 Å². The van der Waals surface area contributed by atoms with Crippen LogP contribution in [-0.4, -0.2) is 30.7 Å². The number of rotatable bonds is 4. The number of anilines is 1. The van der Waals surface area contributed by atoms with Crippen molar-refractivity contribution in [3.63, 3.8) is 0 Å². The third-order valence-corrected chi connectivity index (χ3v) is 2.72. The smallest absolute Gasteiger partial charge is 0.322 e. The van der Waals surface area contributed by atoms with Crippen LogP contribution in [0, 0.1) is 0 Å². The largest absolute Gasteiger partial charge is 0.480 e. The first kappa shape index (κ1) is 12.0. The molecule has 0 amide bonds. The Bertz CT molecular complexity index is 357. The molecule has 0 saturated carbocycles. The number of hydrogen-bond acceptors (Lipinski definition) is 3. The molecule has 0 aliphatic heterocycles. The van der Waals surface area contributed by atoms with E-state index in [1.54, 1.807) is 0 Å². The van der Waals surface area contributed by atoms with E-state index in [9.17, 15) is 4.79 Å². The van der Waals surface area contributed by atoms with Gasteiger partial charge in [0.15, 0.2) is 0 Å². The maximum absolute atomic E-state index is 10.6. The van der Waals surface area contributed by atoms with Gasteiger partial charge >= 0.3 is 5.97 Å². The summed E-state index contributed by atoms with van der Waals surface area (Å²) >= 11 is 3.39. The van der Waals surface area contributed by atoms with Crippen LogP contribution in [0.15, 0.2) is 28.7 Å². The summed E-state index contributed by atoms with van der Waals surface area (Å²) in [6.45, 7) is 0.276. The highest BCUT2D eigenvalue weighted by molar-refractivity contribution is 9.10. The van der Waals surface area contributed by atoms with Gasteiger partial charge in [0.05, 0.1) is 5.69 Å². The number of carboxylic acids is 1. The lowest BCUT2D eigenvalue weighted by Gasteiger charge is -2.22. The van der Waals surface area contributed by atoms with Crippen molar-refractivity contribution in [2.75, 3.05) is 18.5 Å². The summed E-state index contributed by atoms with van der Waals surface area (Å²) in [4.78, 5) is 12.4. The molecule has 3 N–H and O–H groups in total. The fourth-order valence-electron chi connectivity index (χ4n) is 1.23. The summed E-state index contributed by atoms with van der Waals surface area (Å²) < 4.78 is 0.921. The zero-order chi connectivity index (χ0) is 11.4. The van der Waals surface area contributed by atoms with Gasteiger partial charge in [-0.2, -0.15) is 0 Å². The number of nitrogens with zero attached hydrogens (tertiary/aromatic N) is 1. The molecular weight excluding hydrogens is 260 g/mol. The third kappa shape index (κ3) is 3.21. The Labute approximate surface area is 96.8 Å². The quantitative estimate of drug-likeness (QED) is 0.867. The Balaban J connectivity index is 2.73. The topological polar surface area (TPSA) is 66.6 Å². The molecule has 1 rings (SSSR count). The summed E-state index contributed by atoms with van der Waals surface area (Å²) in [6.07, 6.45) is 0. The van der Waals surface area contributed by atoms with Gasteiger partial charge in [0.1, 0.15) is 6.04 Å². The number of hydrogen-bond donors (Lipinski definition) is 2. The lowest BCUT2D eigenvalue weighted by molar-refractivity contribution is -0.138. The molecule has 0 fully saturated rings. The van der Waals surface area contributed by atoms with Crippen LogP contribution in [0.1, 0.15) is 0 Å². The van der Waals surface area contributed by atoms with E-state index in [1.165, 1.54) is 0 Å². The number of likely N-dealkylation sites (N-methyl/N-ethyl adjacent to an activating group) is 1. The third-order valence-electron chi connectivity index (χ3n) is 2.05. The van der Waals surface area contributed by atoms with Gasteiger partial charge in [-0.15, -0.1) is 0 Å². The minimum atomic E-state index is -0.992. The van der Waals surface area contributed by atoms with Gasteiger partial charge in [-0.3, -0.25) is 4.79 Å². The number of carbonyl (C=O) groups is 1. The molecule has 1 aromatic carbocycles. The Morgan fingerprint density at radius 1 is 1.60 bits per heavy atom. The van der Waals surface area contributed by atoms with Gasteiger partial charge in [-0.1, -0.05) is 12.1 Å². The average Bonchev–Trinajstić information content (AvgIpc) is 2.18. The first-order valence-corrected chi connectivity index (χ1v) is 5.25. The van der Waals surface area contributed by atoms with Crippen molar-refractivity contribution in [3.8, 4) is 0 Å². The Kier molecular flexibility index (Phi) is 4.11. The lowest BCUT2D eigenvalue weighted by atomic mass is 10.2. The van der Waals surface area contributed by atoms with Gasteiger partial charge in [0, 0.05) is 18.1 Å². The summed E-state index contributed by atoms with van der Waals surface area (Å²) in [7, 11) is 1.81. The van der Waals surface area contributed by atoms with Crippen molar-refractivity contribution in [1.82, 2.24) is 0 Å². The van der Waals surface area contributed by atoms with Crippen molar-refractivity contribution in [1.29, 1.82) is 0 Å². The van der Waals surface area contributed by atoms with Crippen LogP contribution in [0.5, 0.6) is 0 Å². The van der Waals surface area contributed by atoms with Crippen molar-refractivity contribution in [3.05, 3.63) is 28.7 Å². The molecule has 0 radical (unpaired) electrons. The van der Waals surface area contributed by atoms with Gasteiger partial charge in [-0.05, 0) is 28.1 Å². The molecule has 0 aliphatic rings. The van der Waals surface area contributed by atoms with Gasteiger partial charge in [0.2, 0.25) is 0 Å². The minimum absolute atomic E-state index is 0.276. The number of halogens is 1. The molecule has 1 unspecified atom stereocenters. The number of benzene rings is 1. The van der Waals surface area contributed by atoms with E-state index in [0.717, 1.165) is 10.2 Å². The molecule has 0 saturated heterocycles. The normalized spacial score (nSPS) is 12.2. The summed E-state index contributed by atoms with van der Waals surface area (Å²) in [5, 5.41) is 8.68. The van der Waals surface area contributed by atoms with Crippen molar-refractivity contribution < 1.29 is 9.90 Å². The summed E-state index contributed by atoms with van der Waals surface area (Å²) in [5.74, 6) is -0.992. The second-order valence-electron chi connectivity index (χ2n) is 3.28. The zero-order valence-corrected chi connectivity index (χ0v) is 9.94. The molecule has 5 heteroatoms. The molecule has 0 aliphatic carbocycles. The van der Waals surface area contributed by atoms with Crippen molar-refractivity contribution in [2.24, 2.45) is 5.73 Å². The second kappa shape index (κ2) is 5.14.